The molecule has 15 heavy (non-hydrogen) atoms. The zero-order valence-electron chi connectivity index (χ0n) is 7.81. The SMILES string of the molecule is Clc1cc(C#Cc2ccncc2)ccn1. The number of pyridine rings is 2. The molecule has 0 N–H and O–H groups in total. The van der Waals surface area contributed by atoms with Crippen LogP contribution >= 0.6 is 11.6 Å². The average Bonchev–Trinajstić information content (AvgIpc) is 2.28. The van der Waals surface area contributed by atoms with Crippen LogP contribution in [-0.2, 0) is 0 Å². The van der Waals surface area contributed by atoms with E-state index in [-0.39, 0.29) is 0 Å². The summed E-state index contributed by atoms with van der Waals surface area (Å²) in [4.78, 5) is 7.80. The molecule has 2 heterocycles. The fourth-order valence-corrected chi connectivity index (χ4v) is 1.23. The first kappa shape index (κ1) is 9.70. The van der Waals surface area contributed by atoms with Crippen molar-refractivity contribution in [3.05, 3.63) is 59.1 Å². The van der Waals surface area contributed by atoms with Gasteiger partial charge in [0.2, 0.25) is 0 Å². The molecule has 2 rings (SSSR count). The molecule has 2 nitrogen and oxygen atoms in total. The summed E-state index contributed by atoms with van der Waals surface area (Å²) in [7, 11) is 0. The van der Waals surface area contributed by atoms with Crippen LogP contribution in [0.15, 0.2) is 42.9 Å². The lowest BCUT2D eigenvalue weighted by Crippen LogP contribution is -1.78. The van der Waals surface area contributed by atoms with E-state index in [2.05, 4.69) is 21.8 Å². The summed E-state index contributed by atoms with van der Waals surface area (Å²) in [6, 6.07) is 7.27. The van der Waals surface area contributed by atoms with Gasteiger partial charge in [0.15, 0.2) is 0 Å². The highest BCUT2D eigenvalue weighted by Gasteiger charge is 1.89. The highest BCUT2D eigenvalue weighted by atomic mass is 35.5. The molecule has 0 aromatic carbocycles. The van der Waals surface area contributed by atoms with Gasteiger partial charge >= 0.3 is 0 Å². The van der Waals surface area contributed by atoms with Crippen molar-refractivity contribution >= 4 is 11.6 Å². The summed E-state index contributed by atoms with van der Waals surface area (Å²) in [6.07, 6.45) is 5.06. The highest BCUT2D eigenvalue weighted by Crippen LogP contribution is 2.05. The molecule has 2 aromatic rings. The molecule has 0 aliphatic heterocycles. The maximum absolute atomic E-state index is 5.74. The predicted octanol–water partition coefficient (Wildman–Crippen LogP) is 2.53. The van der Waals surface area contributed by atoms with Crippen LogP contribution in [0.3, 0.4) is 0 Å². The third-order valence-electron chi connectivity index (χ3n) is 1.76. The molecule has 3 heteroatoms. The van der Waals surface area contributed by atoms with Crippen LogP contribution in [-0.4, -0.2) is 9.97 Å². The van der Waals surface area contributed by atoms with Gasteiger partial charge in [-0.2, -0.15) is 0 Å². The highest BCUT2D eigenvalue weighted by molar-refractivity contribution is 6.29. The number of halogens is 1. The molecule has 0 unspecified atom stereocenters. The Morgan fingerprint density at radius 3 is 2.33 bits per heavy atom. The van der Waals surface area contributed by atoms with Gasteiger partial charge < -0.3 is 0 Å². The van der Waals surface area contributed by atoms with Gasteiger partial charge in [0.25, 0.3) is 0 Å². The Balaban J connectivity index is 2.26. The first-order valence-corrected chi connectivity index (χ1v) is 4.76. The minimum atomic E-state index is 0.455. The van der Waals surface area contributed by atoms with Gasteiger partial charge in [-0.25, -0.2) is 4.98 Å². The van der Waals surface area contributed by atoms with E-state index in [1.807, 2.05) is 18.2 Å². The standard InChI is InChI=1S/C12H7ClN2/c13-12-9-11(5-8-15-12)2-1-10-3-6-14-7-4-10/h3-9H. The van der Waals surface area contributed by atoms with Gasteiger partial charge in [0.1, 0.15) is 5.15 Å². The monoisotopic (exact) mass is 214 g/mol. The minimum Gasteiger partial charge on any atom is -0.265 e. The summed E-state index contributed by atoms with van der Waals surface area (Å²) in [6.45, 7) is 0. The van der Waals surface area contributed by atoms with Crippen molar-refractivity contribution in [2.75, 3.05) is 0 Å². The van der Waals surface area contributed by atoms with Crippen LogP contribution < -0.4 is 0 Å². The van der Waals surface area contributed by atoms with E-state index in [0.29, 0.717) is 5.15 Å². The van der Waals surface area contributed by atoms with E-state index in [9.17, 15) is 0 Å². The normalized spacial score (nSPS) is 9.13. The summed E-state index contributed by atoms with van der Waals surface area (Å²) in [5, 5.41) is 0.455. The van der Waals surface area contributed by atoms with E-state index >= 15 is 0 Å². The maximum atomic E-state index is 5.74. The van der Waals surface area contributed by atoms with E-state index in [4.69, 9.17) is 11.6 Å². The summed E-state index contributed by atoms with van der Waals surface area (Å²) in [5.41, 5.74) is 1.78. The van der Waals surface area contributed by atoms with Crippen molar-refractivity contribution in [3.8, 4) is 11.8 Å². The molecule has 0 amide bonds. The smallest absolute Gasteiger partial charge is 0.130 e. The number of hydrogen-bond donors (Lipinski definition) is 0. The van der Waals surface area contributed by atoms with Crippen molar-refractivity contribution < 1.29 is 0 Å². The second-order valence-corrected chi connectivity index (χ2v) is 3.24. The Kier molecular flexibility index (Phi) is 2.96. The molecular weight excluding hydrogens is 208 g/mol. The maximum Gasteiger partial charge on any atom is 0.130 e. The van der Waals surface area contributed by atoms with Crippen LogP contribution in [0.25, 0.3) is 0 Å². The van der Waals surface area contributed by atoms with E-state index in [0.717, 1.165) is 11.1 Å². The molecule has 0 radical (unpaired) electrons. The largest absolute Gasteiger partial charge is 0.265 e. The van der Waals surface area contributed by atoms with E-state index in [1.54, 1.807) is 24.7 Å². The second-order valence-electron chi connectivity index (χ2n) is 2.85. The number of nitrogens with zero attached hydrogens (tertiary/aromatic N) is 2. The zero-order valence-corrected chi connectivity index (χ0v) is 8.57. The lowest BCUT2D eigenvalue weighted by atomic mass is 10.2. The Morgan fingerprint density at radius 1 is 0.933 bits per heavy atom. The molecule has 0 saturated carbocycles. The molecule has 0 atom stereocenters. The number of rotatable bonds is 0. The summed E-state index contributed by atoms with van der Waals surface area (Å²) < 4.78 is 0. The first-order chi connectivity index (χ1) is 7.34. The third-order valence-corrected chi connectivity index (χ3v) is 1.96. The predicted molar refractivity (Wildman–Crippen MR) is 59.5 cm³/mol. The van der Waals surface area contributed by atoms with Gasteiger partial charge in [-0.3, -0.25) is 4.98 Å². The Hall–Kier alpha value is -1.85. The van der Waals surface area contributed by atoms with Gasteiger partial charge in [-0.1, -0.05) is 23.4 Å². The third kappa shape index (κ3) is 2.80. The molecule has 0 fully saturated rings. The minimum absolute atomic E-state index is 0.455. The van der Waals surface area contributed by atoms with Crippen LogP contribution in [0.5, 0.6) is 0 Å². The molecule has 0 aliphatic rings. The molecule has 0 spiro atoms. The zero-order chi connectivity index (χ0) is 10.5. The Bertz CT molecular complexity index is 512. The molecule has 2 aromatic heterocycles. The first-order valence-electron chi connectivity index (χ1n) is 4.38. The van der Waals surface area contributed by atoms with Crippen molar-refractivity contribution in [3.63, 3.8) is 0 Å². The molecular formula is C12H7ClN2. The molecule has 0 bridgehead atoms. The average molecular weight is 215 g/mol. The lowest BCUT2D eigenvalue weighted by Gasteiger charge is -1.90. The van der Waals surface area contributed by atoms with Crippen molar-refractivity contribution in [2.45, 2.75) is 0 Å². The van der Waals surface area contributed by atoms with Crippen molar-refractivity contribution in [1.82, 2.24) is 9.97 Å². The van der Waals surface area contributed by atoms with Crippen molar-refractivity contribution in [2.24, 2.45) is 0 Å². The summed E-state index contributed by atoms with van der Waals surface area (Å²) in [5.74, 6) is 6.01. The van der Waals surface area contributed by atoms with Gasteiger partial charge in [0, 0.05) is 29.7 Å². The van der Waals surface area contributed by atoms with Crippen LogP contribution in [0.2, 0.25) is 5.15 Å². The van der Waals surface area contributed by atoms with Crippen LogP contribution in [0.1, 0.15) is 11.1 Å². The molecule has 0 aliphatic carbocycles. The number of aromatic nitrogens is 2. The lowest BCUT2D eigenvalue weighted by molar-refractivity contribution is 1.31. The molecule has 0 saturated heterocycles. The van der Waals surface area contributed by atoms with Crippen molar-refractivity contribution in [1.29, 1.82) is 0 Å². The fourth-order valence-electron chi connectivity index (χ4n) is 1.06. The van der Waals surface area contributed by atoms with E-state index in [1.165, 1.54) is 0 Å². The van der Waals surface area contributed by atoms with Crippen LogP contribution in [0.4, 0.5) is 0 Å². The van der Waals surface area contributed by atoms with E-state index < -0.39 is 0 Å². The van der Waals surface area contributed by atoms with Gasteiger partial charge in [-0.05, 0) is 24.3 Å². The van der Waals surface area contributed by atoms with Crippen LogP contribution in [0, 0.1) is 11.8 Å². The van der Waals surface area contributed by atoms with Gasteiger partial charge in [0.05, 0.1) is 0 Å². The Labute approximate surface area is 93.0 Å². The second kappa shape index (κ2) is 4.59. The topological polar surface area (TPSA) is 25.8 Å². The quantitative estimate of drug-likeness (QED) is 0.498. The number of hydrogen-bond acceptors (Lipinski definition) is 2. The summed E-state index contributed by atoms with van der Waals surface area (Å²) >= 11 is 5.74. The Morgan fingerprint density at radius 2 is 1.60 bits per heavy atom. The molecule has 72 valence electrons. The fraction of sp³-hybridized carbons (Fsp3) is 0. The van der Waals surface area contributed by atoms with Gasteiger partial charge in [-0.15, -0.1) is 0 Å².